The molecular weight excluding hydrogens is 1220 g/mol. The van der Waals surface area contributed by atoms with Gasteiger partial charge in [-0.1, -0.05) is 126 Å². The summed E-state index contributed by atoms with van der Waals surface area (Å²) in [5.41, 5.74) is 12.2. The van der Waals surface area contributed by atoms with Crippen LogP contribution in [0.2, 0.25) is 0 Å². The minimum atomic E-state index is -1.91. The van der Waals surface area contributed by atoms with Gasteiger partial charge in [-0.25, -0.2) is 4.79 Å². The third-order valence-corrected chi connectivity index (χ3v) is 17.4. The van der Waals surface area contributed by atoms with Crippen molar-refractivity contribution < 1.29 is 28.5 Å². The lowest BCUT2D eigenvalue weighted by atomic mass is 10.1. The Morgan fingerprint density at radius 2 is 0.989 bits per heavy atom. The van der Waals surface area contributed by atoms with Crippen molar-refractivity contribution in [2.45, 2.75) is 25.7 Å². The van der Waals surface area contributed by atoms with E-state index < -0.39 is 13.2 Å². The highest BCUT2D eigenvalue weighted by Crippen LogP contribution is 2.54. The average Bonchev–Trinajstić information content (AvgIpc) is 1.71. The van der Waals surface area contributed by atoms with Crippen molar-refractivity contribution in [1.29, 1.82) is 15.8 Å². The number of carboxylic acids is 1. The van der Waals surface area contributed by atoms with Crippen LogP contribution < -0.4 is 27.0 Å². The summed E-state index contributed by atoms with van der Waals surface area (Å²) in [6, 6.07) is 66.9. The summed E-state index contributed by atoms with van der Waals surface area (Å²) in [5.74, 6) is -1.18. The van der Waals surface area contributed by atoms with Crippen LogP contribution in [0.5, 0.6) is 0 Å². The van der Waals surface area contributed by atoms with Gasteiger partial charge in [0.05, 0.1) is 17.8 Å². The minimum Gasteiger partial charge on any atom is -0.475 e. The highest BCUT2D eigenvalue weighted by atomic mass is 35.5. The van der Waals surface area contributed by atoms with E-state index in [0.717, 1.165) is 61.0 Å². The van der Waals surface area contributed by atoms with Crippen LogP contribution in [0.4, 0.5) is 0 Å². The predicted molar refractivity (Wildman–Crippen MR) is 361 cm³/mol. The lowest BCUT2D eigenvalue weighted by molar-refractivity contribution is 0.0651. The van der Waals surface area contributed by atoms with Gasteiger partial charge < -0.3 is 25.2 Å². The zero-order chi connectivity index (χ0) is 65.5. The molecule has 24 heteroatoms. The van der Waals surface area contributed by atoms with E-state index in [1.54, 1.807) is 54.6 Å². The maximum atomic E-state index is 12.1. The van der Waals surface area contributed by atoms with Crippen LogP contribution in [0.1, 0.15) is 61.5 Å². The first-order valence-electron chi connectivity index (χ1n) is 28.4. The first-order valence-corrected chi connectivity index (χ1v) is 30.9. The smallest absolute Gasteiger partial charge is 0.374 e. The molecule has 1 amide bonds. The van der Waals surface area contributed by atoms with Crippen LogP contribution >= 0.6 is 31.3 Å². The van der Waals surface area contributed by atoms with Crippen LogP contribution in [0.15, 0.2) is 228 Å². The van der Waals surface area contributed by atoms with Gasteiger partial charge in [-0.3, -0.25) is 28.3 Å². The Bertz CT molecular complexity index is 3940. The zero-order valence-electron chi connectivity index (χ0n) is 51.2. The van der Waals surface area contributed by atoms with E-state index in [4.69, 9.17) is 37.5 Å². The fourth-order valence-electron chi connectivity index (χ4n) is 8.43. The Kier molecular flexibility index (Phi) is 33.1. The van der Waals surface area contributed by atoms with Crippen molar-refractivity contribution in [3.05, 3.63) is 253 Å². The number of halogens is 2. The number of nitrogens with zero attached hydrogens (tertiary/aromatic N) is 13. The standard InChI is InChI=1S/C20H17NP.C17H18N4O2.C10H7NO3.C7H13N3.C7H7N3.C5H6N2O.C2H2ClN.ClH/c21-16-17-22(18-10-4-1-5-11-18,19-12-6-2-7-13-19)20-14-8-3-9-15-20;1-21-14(9-11-19-21)8-5-10-18-17(22)16-12-15(20-23-16)13-6-3-2-4-7-13;12-10(13)9-6-8(11-14-9)7-4-2-1-3-5-7;2*1-10-7(3-2-5-8)4-6-9-10;1-7-5(4-8)2-3-6-7;3-1-2-4;/h1-15H,17H2;2-4,6-7,9,11-12H,5,8,10H2,1H3,(H,18,22);1-6H,(H,12,13);4,6H,2-3,5,8H2,1H3;2-4,6H,1H3;2-4H,1H3;1H2;1H/q+1;;;;;;;/b;;;;3-2+;;;. The van der Waals surface area contributed by atoms with Crippen molar-refractivity contribution in [1.82, 2.24) is 54.8 Å². The third kappa shape index (κ3) is 23.6. The van der Waals surface area contributed by atoms with Gasteiger partial charge in [-0.2, -0.15) is 36.2 Å². The number of nitrogens with two attached hydrogens (primary N) is 1. The van der Waals surface area contributed by atoms with Gasteiger partial charge >= 0.3 is 5.97 Å². The van der Waals surface area contributed by atoms with E-state index in [1.807, 2.05) is 140 Å². The fourth-order valence-corrected chi connectivity index (χ4v) is 12.1. The normalized spacial score (nSPS) is 9.99. The van der Waals surface area contributed by atoms with Gasteiger partial charge in [0.1, 0.15) is 52.2 Å². The number of alkyl halides is 1. The Balaban J connectivity index is 0.000000241. The van der Waals surface area contributed by atoms with Gasteiger partial charge in [0.25, 0.3) is 5.91 Å². The molecule has 0 saturated heterocycles. The number of hydrogen-bond acceptors (Lipinski definition) is 15. The number of carboxylic acid groups (broad SMARTS) is 1. The van der Waals surface area contributed by atoms with Crippen LogP contribution in [0.3, 0.4) is 0 Å². The van der Waals surface area contributed by atoms with Crippen LogP contribution in [0, 0.1) is 34.0 Å². The molecule has 0 saturated carbocycles. The first kappa shape index (κ1) is 73.6. The van der Waals surface area contributed by atoms with Crippen LogP contribution in [-0.2, 0) is 41.0 Å². The van der Waals surface area contributed by atoms with E-state index >= 15 is 0 Å². The van der Waals surface area contributed by atoms with Crippen LogP contribution in [-0.4, -0.2) is 97.8 Å². The number of aromatic nitrogens is 10. The lowest BCUT2D eigenvalue weighted by Gasteiger charge is -2.25. The lowest BCUT2D eigenvalue weighted by Crippen LogP contribution is -2.32. The maximum absolute atomic E-state index is 12.1. The number of hydrogen-bond donors (Lipinski definition) is 3. The Labute approximate surface area is 546 Å². The number of rotatable bonds is 17. The van der Waals surface area contributed by atoms with Crippen molar-refractivity contribution in [2.75, 3.05) is 25.1 Å². The number of carbonyl (C=O) groups excluding carboxylic acids is 2. The molecule has 11 rings (SSSR count). The number of amides is 1. The van der Waals surface area contributed by atoms with E-state index in [1.165, 1.54) is 38.4 Å². The van der Waals surface area contributed by atoms with Crippen molar-refractivity contribution in [3.8, 4) is 40.7 Å². The van der Waals surface area contributed by atoms with E-state index in [2.05, 4.69) is 119 Å². The van der Waals surface area contributed by atoms with E-state index in [9.17, 15) is 19.6 Å². The molecule has 0 radical (unpaired) electrons. The van der Waals surface area contributed by atoms with E-state index in [-0.39, 0.29) is 35.7 Å². The summed E-state index contributed by atoms with van der Waals surface area (Å²) in [7, 11) is 5.50. The molecule has 0 unspecified atom stereocenters. The molecule has 6 heterocycles. The largest absolute Gasteiger partial charge is 0.475 e. The summed E-state index contributed by atoms with van der Waals surface area (Å²) in [6.07, 6.45) is 15.1. The molecule has 6 aromatic heterocycles. The monoisotopic (exact) mass is 1290 g/mol. The number of nitriles is 3. The zero-order valence-corrected chi connectivity index (χ0v) is 53.7. The number of benzene rings is 5. The third-order valence-electron chi connectivity index (χ3n) is 13.1. The molecule has 21 nitrogen and oxygen atoms in total. The molecule has 5 aromatic carbocycles. The Morgan fingerprint density at radius 1 is 0.587 bits per heavy atom. The van der Waals surface area contributed by atoms with Crippen molar-refractivity contribution in [3.63, 3.8) is 0 Å². The molecule has 0 spiro atoms. The number of carbonyl (C=O) groups is 3. The molecule has 4 N–H and O–H groups in total. The van der Waals surface area contributed by atoms with Gasteiger partial charge in [0.2, 0.25) is 11.5 Å². The number of nitrogens with one attached hydrogen (secondary N) is 1. The SMILES string of the molecule is Cl.Cn1nccc1/C=C/C#N.Cn1nccc1C=O.Cn1nccc1CCCN.Cn1nccc1CCCNC(=O)c1cc(-c2ccccc2)no1.N#CCCl.N#CC[P+](c1ccccc1)(c1ccccc1)c1ccccc1.O=C(O)c1cc(-c2ccccc2)no1. The average molecular weight is 1300 g/mol. The maximum Gasteiger partial charge on any atom is 0.374 e. The second kappa shape index (κ2) is 41.4. The Morgan fingerprint density at radius 3 is 1.34 bits per heavy atom. The van der Waals surface area contributed by atoms with Gasteiger partial charge in [-0.15, -0.1) is 24.0 Å². The Hall–Kier alpha value is -10.9. The molecule has 0 aliphatic carbocycles. The highest BCUT2D eigenvalue weighted by Gasteiger charge is 2.45. The molecule has 11 aromatic rings. The number of allylic oxidation sites excluding steroid dienone is 1. The van der Waals surface area contributed by atoms with E-state index in [0.29, 0.717) is 29.8 Å². The second-order valence-corrected chi connectivity index (χ2v) is 22.9. The summed E-state index contributed by atoms with van der Waals surface area (Å²) < 4.78 is 16.7. The molecule has 472 valence electrons. The second-order valence-electron chi connectivity index (χ2n) is 19.1. The number of aldehydes is 1. The molecule has 0 aliphatic rings. The molecule has 0 aliphatic heterocycles. The minimum absolute atomic E-state index is 0. The molecule has 92 heavy (non-hydrogen) atoms. The van der Waals surface area contributed by atoms with Crippen molar-refractivity contribution in [2.24, 2.45) is 33.9 Å². The van der Waals surface area contributed by atoms with Gasteiger partial charge in [0, 0.05) is 100 Å². The van der Waals surface area contributed by atoms with Gasteiger partial charge in [-0.05, 0) is 99.0 Å². The summed E-state index contributed by atoms with van der Waals surface area (Å²) in [6.45, 7) is 1.33. The van der Waals surface area contributed by atoms with Gasteiger partial charge in [0.15, 0.2) is 12.4 Å². The molecule has 0 bridgehead atoms. The molecule has 0 atom stereocenters. The molecule has 0 fully saturated rings. The molecular formula is C68H71Cl2N15O6P+. The predicted octanol–water partition coefficient (Wildman–Crippen LogP) is 10.7. The summed E-state index contributed by atoms with van der Waals surface area (Å²) in [4.78, 5) is 32.6. The number of aromatic carboxylic acids is 1. The highest BCUT2D eigenvalue weighted by molar-refractivity contribution is 7.95. The number of aryl methyl sites for hydroxylation is 6. The van der Waals surface area contributed by atoms with Crippen LogP contribution in [0.25, 0.3) is 28.6 Å². The summed E-state index contributed by atoms with van der Waals surface area (Å²) >= 11 is 4.82. The summed E-state index contributed by atoms with van der Waals surface area (Å²) in [5, 5.41) is 63.9. The first-order chi connectivity index (χ1) is 44.3. The fraction of sp³-hybridized carbons (Fsp3) is 0.176. The topological polar surface area (TPSA) is 304 Å². The quantitative estimate of drug-likeness (QED) is 0.0251. The van der Waals surface area contributed by atoms with Crippen molar-refractivity contribution >= 4 is 71.4 Å².